The number of amides is 3. The van der Waals surface area contributed by atoms with E-state index in [0.29, 0.717) is 6.54 Å². The summed E-state index contributed by atoms with van der Waals surface area (Å²) < 4.78 is 15.5. The van der Waals surface area contributed by atoms with E-state index < -0.39 is 53.5 Å². The van der Waals surface area contributed by atoms with Crippen molar-refractivity contribution < 1.29 is 33.4 Å². The van der Waals surface area contributed by atoms with Crippen LogP contribution in [0.25, 0.3) is 0 Å². The molecule has 10 heteroatoms. The van der Waals surface area contributed by atoms with E-state index in [1.807, 2.05) is 30.3 Å². The van der Waals surface area contributed by atoms with Gasteiger partial charge in [-0.15, -0.1) is 0 Å². The Morgan fingerprint density at radius 1 is 0.971 bits per heavy atom. The average molecular weight is 478 g/mol. The SMILES string of the molecule is CCOC(=O)C(NC(=O)OC(C)(C)C)C1C(CNC(=O)NCc2ccccc2)C1C(=O)OCC. The van der Waals surface area contributed by atoms with Crippen LogP contribution in [0.3, 0.4) is 0 Å². The molecule has 2 rings (SSSR count). The number of urea groups is 1. The number of ether oxygens (including phenoxy) is 3. The number of hydrogen-bond donors (Lipinski definition) is 3. The molecule has 4 atom stereocenters. The number of esters is 2. The molecule has 0 spiro atoms. The van der Waals surface area contributed by atoms with Gasteiger partial charge in [0.2, 0.25) is 0 Å². The van der Waals surface area contributed by atoms with Gasteiger partial charge in [-0.2, -0.15) is 0 Å². The van der Waals surface area contributed by atoms with Crippen molar-refractivity contribution in [3.05, 3.63) is 35.9 Å². The van der Waals surface area contributed by atoms with E-state index in [2.05, 4.69) is 16.0 Å². The minimum atomic E-state index is -1.12. The third kappa shape index (κ3) is 8.24. The number of nitrogens with one attached hydrogen (secondary N) is 3. The van der Waals surface area contributed by atoms with E-state index in [4.69, 9.17) is 14.2 Å². The van der Waals surface area contributed by atoms with Crippen molar-refractivity contribution in [3.63, 3.8) is 0 Å². The molecule has 10 nitrogen and oxygen atoms in total. The summed E-state index contributed by atoms with van der Waals surface area (Å²) in [5, 5.41) is 8.02. The Labute approximate surface area is 200 Å². The van der Waals surface area contributed by atoms with E-state index in [1.165, 1.54) is 0 Å². The zero-order valence-corrected chi connectivity index (χ0v) is 20.4. The van der Waals surface area contributed by atoms with Crippen molar-refractivity contribution in [3.8, 4) is 0 Å². The highest BCUT2D eigenvalue weighted by Crippen LogP contribution is 2.49. The van der Waals surface area contributed by atoms with Crippen LogP contribution in [0.5, 0.6) is 0 Å². The monoisotopic (exact) mass is 477 g/mol. The van der Waals surface area contributed by atoms with Crippen molar-refractivity contribution in [2.45, 2.75) is 52.8 Å². The maximum absolute atomic E-state index is 12.7. The van der Waals surface area contributed by atoms with E-state index in [1.54, 1.807) is 34.6 Å². The molecular formula is C24H35N3O7. The van der Waals surface area contributed by atoms with E-state index in [0.717, 1.165) is 5.56 Å². The second kappa shape index (κ2) is 12.2. The van der Waals surface area contributed by atoms with Crippen molar-refractivity contribution in [2.75, 3.05) is 19.8 Å². The molecule has 0 aliphatic heterocycles. The Balaban J connectivity index is 2.06. The number of carbonyl (C=O) groups is 4. The van der Waals surface area contributed by atoms with Crippen molar-refractivity contribution in [1.82, 2.24) is 16.0 Å². The van der Waals surface area contributed by atoms with Gasteiger partial charge in [0, 0.05) is 19.0 Å². The van der Waals surface area contributed by atoms with Crippen LogP contribution in [0.1, 0.15) is 40.2 Å². The highest BCUT2D eigenvalue weighted by molar-refractivity contribution is 5.86. The average Bonchev–Trinajstić information content (AvgIpc) is 3.48. The molecule has 0 bridgehead atoms. The Morgan fingerprint density at radius 2 is 1.62 bits per heavy atom. The second-order valence-electron chi connectivity index (χ2n) is 8.94. The molecule has 3 amide bonds. The molecule has 1 saturated carbocycles. The zero-order chi connectivity index (χ0) is 25.3. The van der Waals surface area contributed by atoms with Gasteiger partial charge in [0.1, 0.15) is 11.6 Å². The van der Waals surface area contributed by atoms with Crippen LogP contribution in [-0.4, -0.2) is 55.5 Å². The Kier molecular flexibility index (Phi) is 9.70. The molecule has 1 aliphatic carbocycles. The van der Waals surface area contributed by atoms with Gasteiger partial charge in [0.25, 0.3) is 0 Å². The summed E-state index contributed by atoms with van der Waals surface area (Å²) in [7, 11) is 0. The van der Waals surface area contributed by atoms with Crippen LogP contribution in [0.2, 0.25) is 0 Å². The lowest BCUT2D eigenvalue weighted by Gasteiger charge is -2.23. The molecule has 3 N–H and O–H groups in total. The number of carbonyl (C=O) groups excluding carboxylic acids is 4. The lowest BCUT2D eigenvalue weighted by Crippen LogP contribution is -2.46. The van der Waals surface area contributed by atoms with Crippen molar-refractivity contribution >= 4 is 24.1 Å². The summed E-state index contributed by atoms with van der Waals surface area (Å²) in [6, 6.07) is 7.88. The molecule has 34 heavy (non-hydrogen) atoms. The molecule has 4 unspecified atom stereocenters. The third-order valence-electron chi connectivity index (χ3n) is 5.18. The van der Waals surface area contributed by atoms with Crippen molar-refractivity contribution in [2.24, 2.45) is 17.8 Å². The van der Waals surface area contributed by atoms with Crippen LogP contribution in [0.4, 0.5) is 9.59 Å². The number of alkyl carbamates (subject to hydrolysis) is 1. The van der Waals surface area contributed by atoms with Gasteiger partial charge in [-0.3, -0.25) is 4.79 Å². The summed E-state index contributed by atoms with van der Waals surface area (Å²) >= 11 is 0. The fourth-order valence-electron chi connectivity index (χ4n) is 3.72. The minimum Gasteiger partial charge on any atom is -0.466 e. The van der Waals surface area contributed by atoms with Crippen LogP contribution in [-0.2, 0) is 30.3 Å². The predicted molar refractivity (Wildman–Crippen MR) is 124 cm³/mol. The summed E-state index contributed by atoms with van der Waals surface area (Å²) in [6.07, 6.45) is -0.799. The number of benzene rings is 1. The molecule has 1 fully saturated rings. The largest absolute Gasteiger partial charge is 0.466 e. The fraction of sp³-hybridized carbons (Fsp3) is 0.583. The predicted octanol–water partition coefficient (Wildman–Crippen LogP) is 2.37. The van der Waals surface area contributed by atoms with Crippen LogP contribution in [0.15, 0.2) is 30.3 Å². The first-order valence-corrected chi connectivity index (χ1v) is 11.5. The van der Waals surface area contributed by atoms with Gasteiger partial charge < -0.3 is 30.2 Å². The Bertz CT molecular complexity index is 854. The van der Waals surface area contributed by atoms with Gasteiger partial charge in [-0.05, 0) is 46.1 Å². The highest BCUT2D eigenvalue weighted by atomic mass is 16.6. The smallest absolute Gasteiger partial charge is 0.408 e. The quantitative estimate of drug-likeness (QED) is 0.348. The topological polar surface area (TPSA) is 132 Å². The second-order valence-corrected chi connectivity index (χ2v) is 8.94. The molecule has 0 aromatic heterocycles. The lowest BCUT2D eigenvalue weighted by molar-refractivity contribution is -0.147. The molecule has 1 aromatic rings. The third-order valence-corrected chi connectivity index (χ3v) is 5.18. The van der Waals surface area contributed by atoms with Gasteiger partial charge in [-0.1, -0.05) is 30.3 Å². The van der Waals surface area contributed by atoms with E-state index in [-0.39, 0.29) is 19.8 Å². The maximum Gasteiger partial charge on any atom is 0.408 e. The molecule has 0 heterocycles. The summed E-state index contributed by atoms with van der Waals surface area (Å²) in [5.74, 6) is -2.89. The van der Waals surface area contributed by atoms with Crippen LogP contribution in [0, 0.1) is 17.8 Å². The van der Waals surface area contributed by atoms with E-state index in [9.17, 15) is 19.2 Å². The molecule has 0 saturated heterocycles. The van der Waals surface area contributed by atoms with Gasteiger partial charge in [0.05, 0.1) is 19.1 Å². The lowest BCUT2D eigenvalue weighted by atomic mass is 10.1. The number of rotatable bonds is 10. The number of hydrogen-bond acceptors (Lipinski definition) is 7. The minimum absolute atomic E-state index is 0.104. The fourth-order valence-corrected chi connectivity index (χ4v) is 3.72. The first-order valence-electron chi connectivity index (χ1n) is 11.5. The summed E-state index contributed by atoms with van der Waals surface area (Å²) in [6.45, 7) is 9.15. The van der Waals surface area contributed by atoms with Gasteiger partial charge in [0.15, 0.2) is 0 Å². The van der Waals surface area contributed by atoms with Crippen LogP contribution >= 0.6 is 0 Å². The molecule has 188 valence electrons. The molecule has 1 aliphatic rings. The maximum atomic E-state index is 12.7. The van der Waals surface area contributed by atoms with Crippen LogP contribution < -0.4 is 16.0 Å². The standard InChI is InChI=1S/C24H35N3O7/c1-6-32-20(28)18-16(14-26-22(30)25-13-15-11-9-8-10-12-15)17(18)19(21(29)33-7-2)27-23(31)34-24(3,4)5/h8-12,16-19H,6-7,13-14H2,1-5H3,(H,27,31)(H2,25,26,30). The first kappa shape index (κ1) is 26.9. The first-order chi connectivity index (χ1) is 16.1. The summed E-state index contributed by atoms with van der Waals surface area (Å²) in [4.78, 5) is 49.8. The molecule has 1 aromatic carbocycles. The zero-order valence-electron chi connectivity index (χ0n) is 20.4. The molecular weight excluding hydrogens is 442 g/mol. The van der Waals surface area contributed by atoms with E-state index >= 15 is 0 Å². The molecule has 0 radical (unpaired) electrons. The van der Waals surface area contributed by atoms with Gasteiger partial charge in [-0.25, -0.2) is 14.4 Å². The van der Waals surface area contributed by atoms with Gasteiger partial charge >= 0.3 is 24.1 Å². The normalized spacial score (nSPS) is 19.9. The Morgan fingerprint density at radius 3 is 2.21 bits per heavy atom. The summed E-state index contributed by atoms with van der Waals surface area (Å²) in [5.41, 5.74) is 0.167. The highest BCUT2D eigenvalue weighted by Gasteiger charge is 2.61. The Hall–Kier alpha value is -3.30. The van der Waals surface area contributed by atoms with Crippen molar-refractivity contribution in [1.29, 1.82) is 0 Å².